The molecule has 0 saturated carbocycles. The fourth-order valence-electron chi connectivity index (χ4n) is 1.84. The number of nitrogens with zero attached hydrogens (tertiary/aromatic N) is 1. The SMILES string of the molecule is CCc1ccc(/C=C/c2[nH]c(=O)[nH]c(=O)c2[N+](=O)[O-])cc1. The van der Waals surface area contributed by atoms with Crippen LogP contribution in [0.3, 0.4) is 0 Å². The van der Waals surface area contributed by atoms with Crippen molar-refractivity contribution >= 4 is 17.8 Å². The Morgan fingerprint density at radius 2 is 1.81 bits per heavy atom. The highest BCUT2D eigenvalue weighted by atomic mass is 16.6. The second-order valence-corrected chi connectivity index (χ2v) is 4.36. The largest absolute Gasteiger partial charge is 0.357 e. The standard InChI is InChI=1S/C14H13N3O4/c1-2-9-3-5-10(6-4-9)7-8-11-12(17(20)21)13(18)16-14(19)15-11/h3-8H,2H2,1H3,(H2,15,16,18,19)/b8-7+. The van der Waals surface area contributed by atoms with Crippen molar-refractivity contribution in [3.63, 3.8) is 0 Å². The molecule has 1 aromatic heterocycles. The van der Waals surface area contributed by atoms with Crippen LogP contribution < -0.4 is 11.2 Å². The topological polar surface area (TPSA) is 109 Å². The van der Waals surface area contributed by atoms with Crippen LogP contribution in [0.15, 0.2) is 33.9 Å². The number of aromatic nitrogens is 2. The van der Waals surface area contributed by atoms with E-state index in [2.05, 4.69) is 4.98 Å². The minimum Gasteiger partial charge on any atom is -0.301 e. The number of aryl methyl sites for hydroxylation is 1. The monoisotopic (exact) mass is 287 g/mol. The lowest BCUT2D eigenvalue weighted by atomic mass is 10.1. The number of hydrogen-bond donors (Lipinski definition) is 2. The van der Waals surface area contributed by atoms with Crippen LogP contribution in [0, 0.1) is 10.1 Å². The molecule has 2 aromatic rings. The number of aromatic amines is 2. The van der Waals surface area contributed by atoms with Crippen molar-refractivity contribution in [1.82, 2.24) is 9.97 Å². The molecule has 1 aromatic carbocycles. The lowest BCUT2D eigenvalue weighted by Crippen LogP contribution is -2.25. The molecule has 0 saturated heterocycles. The number of H-pyrrole nitrogens is 2. The van der Waals surface area contributed by atoms with Crippen LogP contribution in [0.2, 0.25) is 0 Å². The van der Waals surface area contributed by atoms with Crippen LogP contribution in [-0.2, 0) is 6.42 Å². The fraction of sp³-hybridized carbons (Fsp3) is 0.143. The van der Waals surface area contributed by atoms with Gasteiger partial charge in [-0.2, -0.15) is 0 Å². The van der Waals surface area contributed by atoms with E-state index in [0.29, 0.717) is 0 Å². The van der Waals surface area contributed by atoms with Crippen molar-refractivity contribution in [1.29, 1.82) is 0 Å². The van der Waals surface area contributed by atoms with E-state index in [-0.39, 0.29) is 5.69 Å². The molecule has 0 spiro atoms. The molecule has 7 heteroatoms. The Labute approximate surface area is 119 Å². The van der Waals surface area contributed by atoms with Crippen molar-refractivity contribution < 1.29 is 4.92 Å². The third kappa shape index (κ3) is 3.33. The Kier molecular flexibility index (Phi) is 4.13. The first kappa shape index (κ1) is 14.4. The maximum atomic E-state index is 11.4. The molecule has 0 radical (unpaired) electrons. The molecule has 0 bridgehead atoms. The summed E-state index contributed by atoms with van der Waals surface area (Å²) in [6, 6.07) is 7.59. The number of nitrogens with one attached hydrogen (secondary N) is 2. The van der Waals surface area contributed by atoms with E-state index < -0.39 is 21.9 Å². The zero-order valence-electron chi connectivity index (χ0n) is 11.3. The first-order valence-electron chi connectivity index (χ1n) is 6.29. The summed E-state index contributed by atoms with van der Waals surface area (Å²) in [5, 5.41) is 10.9. The molecule has 0 aliphatic carbocycles. The van der Waals surface area contributed by atoms with Crippen LogP contribution in [0.5, 0.6) is 0 Å². The van der Waals surface area contributed by atoms with Gasteiger partial charge in [0.25, 0.3) is 0 Å². The summed E-state index contributed by atoms with van der Waals surface area (Å²) >= 11 is 0. The van der Waals surface area contributed by atoms with Crippen LogP contribution in [0.25, 0.3) is 12.2 Å². The molecule has 2 N–H and O–H groups in total. The maximum absolute atomic E-state index is 11.4. The quantitative estimate of drug-likeness (QED) is 0.658. The van der Waals surface area contributed by atoms with Gasteiger partial charge in [0.05, 0.1) is 4.92 Å². The van der Waals surface area contributed by atoms with Crippen molar-refractivity contribution in [2.75, 3.05) is 0 Å². The highest BCUT2D eigenvalue weighted by Crippen LogP contribution is 2.13. The summed E-state index contributed by atoms with van der Waals surface area (Å²) in [6.45, 7) is 2.04. The Hall–Kier alpha value is -2.96. The lowest BCUT2D eigenvalue weighted by Gasteiger charge is -1.98. The average Bonchev–Trinajstić information content (AvgIpc) is 2.44. The molecule has 0 fully saturated rings. The van der Waals surface area contributed by atoms with Crippen LogP contribution in [0.4, 0.5) is 5.69 Å². The molecule has 0 amide bonds. The van der Waals surface area contributed by atoms with Crippen molar-refractivity contribution in [3.8, 4) is 0 Å². The highest BCUT2D eigenvalue weighted by molar-refractivity contribution is 5.71. The Morgan fingerprint density at radius 1 is 1.14 bits per heavy atom. The second-order valence-electron chi connectivity index (χ2n) is 4.36. The average molecular weight is 287 g/mol. The predicted molar refractivity (Wildman–Crippen MR) is 79.1 cm³/mol. The normalized spacial score (nSPS) is 10.9. The van der Waals surface area contributed by atoms with Gasteiger partial charge in [-0.15, -0.1) is 0 Å². The van der Waals surface area contributed by atoms with Gasteiger partial charge in [-0.25, -0.2) is 4.79 Å². The first-order chi connectivity index (χ1) is 10.0. The predicted octanol–water partition coefficient (Wildman–Crippen LogP) is 1.70. The summed E-state index contributed by atoms with van der Waals surface area (Å²) in [5.74, 6) is 0. The minimum absolute atomic E-state index is 0.131. The van der Waals surface area contributed by atoms with Crippen LogP contribution in [-0.4, -0.2) is 14.9 Å². The van der Waals surface area contributed by atoms with Gasteiger partial charge in [0.1, 0.15) is 5.69 Å². The van der Waals surface area contributed by atoms with Gasteiger partial charge in [-0.3, -0.25) is 19.9 Å². The molecule has 7 nitrogen and oxygen atoms in total. The van der Waals surface area contributed by atoms with Gasteiger partial charge in [0.15, 0.2) is 0 Å². The van der Waals surface area contributed by atoms with Crippen molar-refractivity contribution in [2.45, 2.75) is 13.3 Å². The van der Waals surface area contributed by atoms with E-state index in [1.807, 2.05) is 36.2 Å². The van der Waals surface area contributed by atoms with Gasteiger partial charge in [0.2, 0.25) is 0 Å². The van der Waals surface area contributed by atoms with Crippen molar-refractivity contribution in [3.05, 3.63) is 72.0 Å². The summed E-state index contributed by atoms with van der Waals surface area (Å²) in [7, 11) is 0. The smallest absolute Gasteiger partial charge is 0.301 e. The molecule has 0 aliphatic heterocycles. The summed E-state index contributed by atoms with van der Waals surface area (Å²) in [5.41, 5.74) is -0.647. The lowest BCUT2D eigenvalue weighted by molar-refractivity contribution is -0.386. The zero-order chi connectivity index (χ0) is 15.4. The molecule has 1 heterocycles. The zero-order valence-corrected chi connectivity index (χ0v) is 11.3. The molecular weight excluding hydrogens is 274 g/mol. The van der Waals surface area contributed by atoms with E-state index in [1.54, 1.807) is 6.08 Å². The molecule has 21 heavy (non-hydrogen) atoms. The number of benzene rings is 1. The van der Waals surface area contributed by atoms with E-state index >= 15 is 0 Å². The second kappa shape index (κ2) is 6.00. The number of nitro groups is 1. The summed E-state index contributed by atoms with van der Waals surface area (Å²) in [6.07, 6.45) is 3.85. The van der Waals surface area contributed by atoms with E-state index in [9.17, 15) is 19.7 Å². The summed E-state index contributed by atoms with van der Waals surface area (Å²) < 4.78 is 0. The molecule has 0 atom stereocenters. The maximum Gasteiger partial charge on any atom is 0.357 e. The molecule has 108 valence electrons. The molecule has 0 unspecified atom stereocenters. The Bertz CT molecular complexity index is 800. The minimum atomic E-state index is -1.02. The first-order valence-corrected chi connectivity index (χ1v) is 6.29. The van der Waals surface area contributed by atoms with Gasteiger partial charge in [-0.05, 0) is 23.6 Å². The van der Waals surface area contributed by atoms with Crippen molar-refractivity contribution in [2.24, 2.45) is 0 Å². The molecule has 0 aliphatic rings. The third-order valence-corrected chi connectivity index (χ3v) is 2.96. The number of hydrogen-bond acceptors (Lipinski definition) is 4. The van der Waals surface area contributed by atoms with Gasteiger partial charge in [-0.1, -0.05) is 37.3 Å². The van der Waals surface area contributed by atoms with E-state index in [1.165, 1.54) is 11.6 Å². The van der Waals surface area contributed by atoms with Gasteiger partial charge in [0, 0.05) is 0 Å². The van der Waals surface area contributed by atoms with E-state index in [0.717, 1.165) is 12.0 Å². The summed E-state index contributed by atoms with van der Waals surface area (Å²) in [4.78, 5) is 36.8. The van der Waals surface area contributed by atoms with Crippen LogP contribution >= 0.6 is 0 Å². The van der Waals surface area contributed by atoms with E-state index in [4.69, 9.17) is 0 Å². The highest BCUT2D eigenvalue weighted by Gasteiger charge is 2.18. The Morgan fingerprint density at radius 3 is 2.38 bits per heavy atom. The van der Waals surface area contributed by atoms with Gasteiger partial charge < -0.3 is 4.98 Å². The number of rotatable bonds is 4. The molecular formula is C14H13N3O4. The van der Waals surface area contributed by atoms with Crippen LogP contribution in [0.1, 0.15) is 23.7 Å². The van der Waals surface area contributed by atoms with Gasteiger partial charge >= 0.3 is 16.9 Å². The third-order valence-electron chi connectivity index (χ3n) is 2.96. The molecule has 2 rings (SSSR count). The fourth-order valence-corrected chi connectivity index (χ4v) is 1.84. The Balaban J connectivity index is 2.42.